The van der Waals surface area contributed by atoms with Gasteiger partial charge >= 0.3 is 5.97 Å². The second-order valence-electron chi connectivity index (χ2n) is 8.11. The van der Waals surface area contributed by atoms with Gasteiger partial charge in [-0.25, -0.2) is 0 Å². The van der Waals surface area contributed by atoms with Crippen LogP contribution in [0.2, 0.25) is 0 Å². The second kappa shape index (κ2) is 7.55. The fraction of sp³-hybridized carbons (Fsp3) is 0.476. The van der Waals surface area contributed by atoms with Gasteiger partial charge in [-0.15, -0.1) is 0 Å². The number of hydrogen-bond donors (Lipinski definition) is 1. The van der Waals surface area contributed by atoms with Gasteiger partial charge in [-0.2, -0.15) is 0 Å². The van der Waals surface area contributed by atoms with Gasteiger partial charge in [-0.1, -0.05) is 69.1 Å². The van der Waals surface area contributed by atoms with Gasteiger partial charge in [0.25, 0.3) is 5.91 Å². The van der Waals surface area contributed by atoms with E-state index in [-0.39, 0.29) is 23.9 Å². The Morgan fingerprint density at radius 2 is 1.85 bits per heavy atom. The number of rotatable bonds is 5. The first kappa shape index (κ1) is 19.1. The van der Waals surface area contributed by atoms with Gasteiger partial charge in [-0.3, -0.25) is 14.9 Å². The minimum atomic E-state index is -0.646. The van der Waals surface area contributed by atoms with Crippen LogP contribution in [-0.4, -0.2) is 23.6 Å². The summed E-state index contributed by atoms with van der Waals surface area (Å²) >= 11 is 0. The Balaban J connectivity index is 1.61. The van der Waals surface area contributed by atoms with Gasteiger partial charge in [-0.05, 0) is 18.4 Å². The molecule has 2 aromatic rings. The van der Waals surface area contributed by atoms with E-state index in [1.165, 1.54) is 0 Å². The zero-order chi connectivity index (χ0) is 19.5. The molecule has 0 radical (unpaired) electrons. The predicted molar refractivity (Wildman–Crippen MR) is 101 cm³/mol. The Kier molecular flexibility index (Phi) is 5.35. The molecule has 1 N–H and O–H groups in total. The van der Waals surface area contributed by atoms with Gasteiger partial charge in [0.1, 0.15) is 0 Å². The normalized spacial score (nSPS) is 16.1. The van der Waals surface area contributed by atoms with Crippen molar-refractivity contribution in [3.63, 3.8) is 0 Å². The maximum atomic E-state index is 12.8. The van der Waals surface area contributed by atoms with E-state index in [9.17, 15) is 9.59 Å². The number of amides is 1. The third-order valence-corrected chi connectivity index (χ3v) is 5.05. The summed E-state index contributed by atoms with van der Waals surface area (Å²) < 4.78 is 10.5. The monoisotopic (exact) mass is 370 g/mol. The van der Waals surface area contributed by atoms with Gasteiger partial charge in [0.2, 0.25) is 5.88 Å². The highest BCUT2D eigenvalue weighted by molar-refractivity contribution is 5.93. The SMILES string of the molecule is CC(C)(C)c1cc(NC(=O)COC(=O)C2(c3ccccc3)CCCC2)on1. The molecule has 1 saturated carbocycles. The number of benzene rings is 1. The summed E-state index contributed by atoms with van der Waals surface area (Å²) in [5, 5.41) is 6.54. The molecule has 0 aliphatic heterocycles. The van der Waals surface area contributed by atoms with E-state index in [0.717, 1.165) is 36.9 Å². The summed E-state index contributed by atoms with van der Waals surface area (Å²) in [5.74, 6) is -0.532. The molecule has 1 aromatic heterocycles. The number of aromatic nitrogens is 1. The van der Waals surface area contributed by atoms with Crippen LogP contribution in [0.3, 0.4) is 0 Å². The highest BCUT2D eigenvalue weighted by Crippen LogP contribution is 2.42. The van der Waals surface area contributed by atoms with Crippen molar-refractivity contribution in [1.29, 1.82) is 0 Å². The molecule has 1 aliphatic rings. The van der Waals surface area contributed by atoms with E-state index in [1.54, 1.807) is 6.07 Å². The first-order valence-corrected chi connectivity index (χ1v) is 9.31. The molecule has 144 valence electrons. The summed E-state index contributed by atoms with van der Waals surface area (Å²) in [6.45, 7) is 5.66. The molecule has 0 unspecified atom stereocenters. The van der Waals surface area contributed by atoms with Crippen LogP contribution in [0, 0.1) is 0 Å². The van der Waals surface area contributed by atoms with Crippen molar-refractivity contribution in [1.82, 2.24) is 5.16 Å². The van der Waals surface area contributed by atoms with Crippen LogP contribution < -0.4 is 5.32 Å². The van der Waals surface area contributed by atoms with Crippen LogP contribution in [0.1, 0.15) is 57.7 Å². The Morgan fingerprint density at radius 3 is 2.44 bits per heavy atom. The zero-order valence-electron chi connectivity index (χ0n) is 16.1. The van der Waals surface area contributed by atoms with Crippen molar-refractivity contribution >= 4 is 17.8 Å². The molecule has 0 saturated heterocycles. The van der Waals surface area contributed by atoms with Crippen molar-refractivity contribution in [2.75, 3.05) is 11.9 Å². The Hall–Kier alpha value is -2.63. The van der Waals surface area contributed by atoms with Crippen molar-refractivity contribution in [2.45, 2.75) is 57.3 Å². The molecule has 1 aliphatic carbocycles. The van der Waals surface area contributed by atoms with E-state index in [0.29, 0.717) is 0 Å². The number of nitrogens with one attached hydrogen (secondary N) is 1. The van der Waals surface area contributed by atoms with E-state index in [2.05, 4.69) is 10.5 Å². The molecule has 0 bridgehead atoms. The van der Waals surface area contributed by atoms with E-state index in [1.807, 2.05) is 51.1 Å². The number of ether oxygens (including phenoxy) is 1. The molecule has 6 heteroatoms. The number of nitrogens with zero attached hydrogens (tertiary/aromatic N) is 1. The van der Waals surface area contributed by atoms with E-state index < -0.39 is 11.3 Å². The quantitative estimate of drug-likeness (QED) is 0.806. The van der Waals surface area contributed by atoms with Crippen LogP contribution in [0.5, 0.6) is 0 Å². The number of anilines is 1. The van der Waals surface area contributed by atoms with Crippen LogP contribution >= 0.6 is 0 Å². The van der Waals surface area contributed by atoms with Crippen LogP contribution in [0.15, 0.2) is 40.9 Å². The molecule has 1 amide bonds. The van der Waals surface area contributed by atoms with Gasteiger partial charge in [0, 0.05) is 11.5 Å². The molecule has 1 heterocycles. The maximum Gasteiger partial charge on any atom is 0.317 e. The number of esters is 1. The standard InChI is InChI=1S/C21H26N2O4/c1-20(2,3)16-13-18(27-23-16)22-17(24)14-26-19(25)21(11-7-8-12-21)15-9-5-4-6-10-15/h4-6,9-10,13H,7-8,11-12,14H2,1-3H3,(H,22,24). The fourth-order valence-corrected chi connectivity index (χ4v) is 3.48. The van der Waals surface area contributed by atoms with Crippen LogP contribution in [-0.2, 0) is 25.2 Å². The van der Waals surface area contributed by atoms with Crippen LogP contribution in [0.25, 0.3) is 0 Å². The fourth-order valence-electron chi connectivity index (χ4n) is 3.48. The third kappa shape index (κ3) is 4.21. The Bertz CT molecular complexity index is 799. The lowest BCUT2D eigenvalue weighted by Crippen LogP contribution is -2.36. The number of carbonyl (C=O) groups is 2. The van der Waals surface area contributed by atoms with E-state index in [4.69, 9.17) is 9.26 Å². The Morgan fingerprint density at radius 1 is 1.19 bits per heavy atom. The minimum absolute atomic E-state index is 0.177. The molecular weight excluding hydrogens is 344 g/mol. The van der Waals surface area contributed by atoms with Gasteiger partial charge in [0.15, 0.2) is 6.61 Å². The molecule has 3 rings (SSSR count). The summed E-state index contributed by atoms with van der Waals surface area (Å²) in [6, 6.07) is 11.4. The predicted octanol–water partition coefficient (Wildman–Crippen LogP) is 3.97. The zero-order valence-corrected chi connectivity index (χ0v) is 16.1. The lowest BCUT2D eigenvalue weighted by Gasteiger charge is -2.27. The van der Waals surface area contributed by atoms with Gasteiger partial charge in [0.05, 0.1) is 11.1 Å². The van der Waals surface area contributed by atoms with Crippen LogP contribution in [0.4, 0.5) is 5.88 Å². The number of carbonyl (C=O) groups excluding carboxylic acids is 2. The van der Waals surface area contributed by atoms with Gasteiger partial charge < -0.3 is 9.26 Å². The van der Waals surface area contributed by atoms with E-state index >= 15 is 0 Å². The third-order valence-electron chi connectivity index (χ3n) is 5.05. The molecule has 1 fully saturated rings. The summed E-state index contributed by atoms with van der Waals surface area (Å²) in [6.07, 6.45) is 3.44. The Labute approximate surface area is 159 Å². The van der Waals surface area contributed by atoms with Crippen molar-refractivity contribution in [3.8, 4) is 0 Å². The molecule has 1 aromatic carbocycles. The lowest BCUT2D eigenvalue weighted by molar-refractivity contribution is -0.153. The highest BCUT2D eigenvalue weighted by Gasteiger charge is 2.44. The highest BCUT2D eigenvalue weighted by atomic mass is 16.5. The molecule has 0 spiro atoms. The largest absolute Gasteiger partial charge is 0.455 e. The minimum Gasteiger partial charge on any atom is -0.455 e. The lowest BCUT2D eigenvalue weighted by atomic mass is 9.79. The average molecular weight is 370 g/mol. The molecular formula is C21H26N2O4. The summed E-state index contributed by atoms with van der Waals surface area (Å²) in [4.78, 5) is 25.0. The second-order valence-corrected chi connectivity index (χ2v) is 8.11. The van der Waals surface area contributed by atoms with Crippen molar-refractivity contribution < 1.29 is 18.8 Å². The summed E-state index contributed by atoms with van der Waals surface area (Å²) in [7, 11) is 0. The van der Waals surface area contributed by atoms with Crippen molar-refractivity contribution in [2.24, 2.45) is 0 Å². The molecule has 0 atom stereocenters. The average Bonchev–Trinajstić information content (AvgIpc) is 3.30. The topological polar surface area (TPSA) is 81.4 Å². The first-order chi connectivity index (χ1) is 12.8. The maximum absolute atomic E-state index is 12.8. The smallest absolute Gasteiger partial charge is 0.317 e. The first-order valence-electron chi connectivity index (χ1n) is 9.31. The molecule has 6 nitrogen and oxygen atoms in total. The molecule has 27 heavy (non-hydrogen) atoms. The summed E-state index contributed by atoms with van der Waals surface area (Å²) in [5.41, 5.74) is 0.873. The number of hydrogen-bond acceptors (Lipinski definition) is 5. The van der Waals surface area contributed by atoms with Crippen molar-refractivity contribution in [3.05, 3.63) is 47.7 Å².